The first-order valence-corrected chi connectivity index (χ1v) is 6.46. The Morgan fingerprint density at radius 1 is 1.32 bits per heavy atom. The molecular weight excluding hydrogens is 242 g/mol. The molecule has 1 aliphatic heterocycles. The predicted molar refractivity (Wildman–Crippen MR) is 72.3 cm³/mol. The molecule has 19 heavy (non-hydrogen) atoms. The van der Waals surface area contributed by atoms with E-state index in [1.54, 1.807) is 12.1 Å². The zero-order valence-electron chi connectivity index (χ0n) is 11.5. The maximum absolute atomic E-state index is 12.5. The van der Waals surface area contributed by atoms with E-state index < -0.39 is 5.97 Å². The highest BCUT2D eigenvalue weighted by Crippen LogP contribution is 2.33. The summed E-state index contributed by atoms with van der Waals surface area (Å²) in [5, 5.41) is 8.98. The van der Waals surface area contributed by atoms with Crippen LogP contribution in [0.3, 0.4) is 0 Å². The van der Waals surface area contributed by atoms with Crippen molar-refractivity contribution in [3.63, 3.8) is 0 Å². The van der Waals surface area contributed by atoms with Gasteiger partial charge in [0.05, 0.1) is 5.56 Å². The third-order valence-corrected chi connectivity index (χ3v) is 3.67. The lowest BCUT2D eigenvalue weighted by atomic mass is 9.97. The number of hydrogen-bond acceptors (Lipinski definition) is 2. The molecule has 0 spiro atoms. The first-order valence-electron chi connectivity index (χ1n) is 6.46. The van der Waals surface area contributed by atoms with E-state index in [1.807, 2.05) is 4.90 Å². The number of carbonyl (C=O) groups excluding carboxylic acids is 1. The van der Waals surface area contributed by atoms with Crippen LogP contribution in [0.5, 0.6) is 0 Å². The maximum Gasteiger partial charge on any atom is 0.335 e. The van der Waals surface area contributed by atoms with Gasteiger partial charge in [0.25, 0.3) is 5.91 Å². The van der Waals surface area contributed by atoms with Crippen LogP contribution >= 0.6 is 0 Å². The zero-order chi connectivity index (χ0) is 14.2. The SMILES string of the molecule is CC1CN(C(=O)c2cccc(C(=O)O)c2)C(C)(C)C1. The van der Waals surface area contributed by atoms with Crippen molar-refractivity contribution in [2.45, 2.75) is 32.7 Å². The maximum atomic E-state index is 12.5. The molecule has 1 N–H and O–H groups in total. The van der Waals surface area contributed by atoms with E-state index in [9.17, 15) is 9.59 Å². The molecule has 1 fully saturated rings. The number of hydrogen-bond donors (Lipinski definition) is 1. The van der Waals surface area contributed by atoms with Crippen LogP contribution in [0.25, 0.3) is 0 Å². The van der Waals surface area contributed by atoms with Crippen LogP contribution < -0.4 is 0 Å². The third-order valence-electron chi connectivity index (χ3n) is 3.67. The minimum absolute atomic E-state index is 0.0857. The largest absolute Gasteiger partial charge is 0.478 e. The van der Waals surface area contributed by atoms with Gasteiger partial charge in [0.2, 0.25) is 0 Å². The van der Waals surface area contributed by atoms with Crippen molar-refractivity contribution in [3.05, 3.63) is 35.4 Å². The molecule has 0 bridgehead atoms. The first-order chi connectivity index (χ1) is 8.81. The van der Waals surface area contributed by atoms with Crippen molar-refractivity contribution >= 4 is 11.9 Å². The van der Waals surface area contributed by atoms with Gasteiger partial charge in [-0.3, -0.25) is 4.79 Å². The Morgan fingerprint density at radius 3 is 2.47 bits per heavy atom. The van der Waals surface area contributed by atoms with Crippen LogP contribution in [0.4, 0.5) is 0 Å². The molecule has 1 aromatic carbocycles. The lowest BCUT2D eigenvalue weighted by molar-refractivity contribution is 0.0650. The van der Waals surface area contributed by atoms with Gasteiger partial charge < -0.3 is 10.0 Å². The summed E-state index contributed by atoms with van der Waals surface area (Å²) in [6, 6.07) is 6.23. The molecular formula is C15H19NO3. The van der Waals surface area contributed by atoms with Crippen LogP contribution in [0.15, 0.2) is 24.3 Å². The van der Waals surface area contributed by atoms with Gasteiger partial charge in [-0.15, -0.1) is 0 Å². The molecule has 4 nitrogen and oxygen atoms in total. The minimum Gasteiger partial charge on any atom is -0.478 e. The van der Waals surface area contributed by atoms with E-state index in [4.69, 9.17) is 5.11 Å². The molecule has 0 saturated carbocycles. The molecule has 1 saturated heterocycles. The van der Waals surface area contributed by atoms with Crippen LogP contribution in [0.2, 0.25) is 0 Å². The van der Waals surface area contributed by atoms with Gasteiger partial charge in [0.15, 0.2) is 0 Å². The lowest BCUT2D eigenvalue weighted by Crippen LogP contribution is -2.42. The fourth-order valence-corrected chi connectivity index (χ4v) is 2.89. The second-order valence-corrected chi connectivity index (χ2v) is 5.92. The van der Waals surface area contributed by atoms with Crippen molar-refractivity contribution in [1.29, 1.82) is 0 Å². The molecule has 4 heteroatoms. The Bertz CT molecular complexity index is 522. The van der Waals surface area contributed by atoms with Gasteiger partial charge in [-0.1, -0.05) is 13.0 Å². The summed E-state index contributed by atoms with van der Waals surface area (Å²) in [6.07, 6.45) is 0.970. The smallest absolute Gasteiger partial charge is 0.335 e. The predicted octanol–water partition coefficient (Wildman–Crippen LogP) is 2.65. The minimum atomic E-state index is -1.01. The lowest BCUT2D eigenvalue weighted by Gasteiger charge is -2.31. The zero-order valence-corrected chi connectivity index (χ0v) is 11.5. The number of amides is 1. The Morgan fingerprint density at radius 2 is 1.95 bits per heavy atom. The van der Waals surface area contributed by atoms with Gasteiger partial charge in [-0.05, 0) is 44.4 Å². The standard InChI is InChI=1S/C15H19NO3/c1-10-8-15(2,3)16(9-10)13(17)11-5-4-6-12(7-11)14(18)19/h4-7,10H,8-9H2,1-3H3,(H,18,19). The second-order valence-electron chi connectivity index (χ2n) is 5.92. The molecule has 0 aliphatic carbocycles. The third kappa shape index (κ3) is 2.62. The van der Waals surface area contributed by atoms with Gasteiger partial charge in [0, 0.05) is 17.6 Å². The van der Waals surface area contributed by atoms with E-state index in [0.29, 0.717) is 11.5 Å². The Hall–Kier alpha value is -1.84. The van der Waals surface area contributed by atoms with Crippen molar-refractivity contribution < 1.29 is 14.7 Å². The summed E-state index contributed by atoms with van der Waals surface area (Å²) in [6.45, 7) is 6.96. The van der Waals surface area contributed by atoms with E-state index >= 15 is 0 Å². The van der Waals surface area contributed by atoms with Crippen LogP contribution in [0, 0.1) is 5.92 Å². The summed E-state index contributed by atoms with van der Waals surface area (Å²) in [7, 11) is 0. The molecule has 2 rings (SSSR count). The van der Waals surface area contributed by atoms with Gasteiger partial charge in [-0.2, -0.15) is 0 Å². The molecule has 1 amide bonds. The Kier molecular flexibility index (Phi) is 3.35. The number of nitrogens with zero attached hydrogens (tertiary/aromatic N) is 1. The van der Waals surface area contributed by atoms with E-state index in [1.165, 1.54) is 12.1 Å². The van der Waals surface area contributed by atoms with E-state index in [0.717, 1.165) is 13.0 Å². The molecule has 1 heterocycles. The normalized spacial score (nSPS) is 21.4. The molecule has 0 radical (unpaired) electrons. The summed E-state index contributed by atoms with van der Waals surface area (Å²) in [5.74, 6) is -0.622. The topological polar surface area (TPSA) is 57.6 Å². The first kappa shape index (κ1) is 13.6. The monoisotopic (exact) mass is 261 g/mol. The highest BCUT2D eigenvalue weighted by atomic mass is 16.4. The van der Waals surface area contributed by atoms with Gasteiger partial charge >= 0.3 is 5.97 Å². The van der Waals surface area contributed by atoms with Crippen molar-refractivity contribution in [3.8, 4) is 0 Å². The summed E-state index contributed by atoms with van der Waals surface area (Å²) < 4.78 is 0. The summed E-state index contributed by atoms with van der Waals surface area (Å²) in [5.41, 5.74) is 0.424. The number of carbonyl (C=O) groups is 2. The van der Waals surface area contributed by atoms with Crippen LogP contribution in [-0.2, 0) is 0 Å². The van der Waals surface area contributed by atoms with Crippen molar-refractivity contribution in [2.75, 3.05) is 6.54 Å². The van der Waals surface area contributed by atoms with Crippen molar-refractivity contribution in [1.82, 2.24) is 4.90 Å². The summed E-state index contributed by atoms with van der Waals surface area (Å²) >= 11 is 0. The van der Waals surface area contributed by atoms with Crippen molar-refractivity contribution in [2.24, 2.45) is 5.92 Å². The number of carboxylic acids is 1. The molecule has 1 aliphatic rings. The van der Waals surface area contributed by atoms with Gasteiger partial charge in [0.1, 0.15) is 0 Å². The number of rotatable bonds is 2. The number of carboxylic acid groups (broad SMARTS) is 1. The number of likely N-dealkylation sites (tertiary alicyclic amines) is 1. The average molecular weight is 261 g/mol. The quantitative estimate of drug-likeness (QED) is 0.890. The molecule has 0 aromatic heterocycles. The molecule has 102 valence electrons. The van der Waals surface area contributed by atoms with E-state index in [-0.39, 0.29) is 17.0 Å². The average Bonchev–Trinajstić information content (AvgIpc) is 2.61. The molecule has 1 unspecified atom stereocenters. The second kappa shape index (κ2) is 4.68. The summed E-state index contributed by atoms with van der Waals surface area (Å²) in [4.78, 5) is 25.3. The fraction of sp³-hybridized carbons (Fsp3) is 0.467. The fourth-order valence-electron chi connectivity index (χ4n) is 2.89. The highest BCUT2D eigenvalue weighted by molar-refractivity contribution is 5.98. The number of benzene rings is 1. The van der Waals surface area contributed by atoms with Crippen LogP contribution in [-0.4, -0.2) is 34.0 Å². The molecule has 1 aromatic rings. The Labute approximate surface area is 113 Å². The Balaban J connectivity index is 2.30. The van der Waals surface area contributed by atoms with Gasteiger partial charge in [-0.25, -0.2) is 4.79 Å². The van der Waals surface area contributed by atoms with Crippen LogP contribution in [0.1, 0.15) is 47.9 Å². The molecule has 1 atom stereocenters. The highest BCUT2D eigenvalue weighted by Gasteiger charge is 2.39. The van der Waals surface area contributed by atoms with E-state index in [2.05, 4.69) is 20.8 Å². The number of aromatic carboxylic acids is 1.